The smallest absolute Gasteiger partial charge is 0.248 e. The lowest BCUT2D eigenvalue weighted by Gasteiger charge is -2.45. The molecule has 0 aromatic heterocycles. The van der Waals surface area contributed by atoms with Gasteiger partial charge in [-0.1, -0.05) is 6.08 Å². The van der Waals surface area contributed by atoms with E-state index in [1.807, 2.05) is 31.1 Å². The zero-order valence-electron chi connectivity index (χ0n) is 16.5. The average Bonchev–Trinajstić information content (AvgIpc) is 2.53. The number of carbonyl (C=O) groups is 1. The summed E-state index contributed by atoms with van der Waals surface area (Å²) in [7, 11) is 9.65. The number of amides is 1. The van der Waals surface area contributed by atoms with E-state index in [1.54, 1.807) is 19.3 Å². The van der Waals surface area contributed by atoms with Crippen molar-refractivity contribution in [1.82, 2.24) is 9.80 Å². The topological polar surface area (TPSA) is 74.1 Å². The Hall–Kier alpha value is -2.25. The van der Waals surface area contributed by atoms with Gasteiger partial charge < -0.3 is 30.5 Å². The molecular formula is C19H31N5O2. The lowest BCUT2D eigenvalue weighted by atomic mass is 10.00. The van der Waals surface area contributed by atoms with E-state index in [9.17, 15) is 4.79 Å². The average molecular weight is 361 g/mol. The lowest BCUT2D eigenvalue weighted by Crippen LogP contribution is -2.53. The number of nitrogen functional groups attached to an aromatic ring is 1. The number of benzene rings is 1. The van der Waals surface area contributed by atoms with Gasteiger partial charge in [-0.25, -0.2) is 0 Å². The number of carbonyl (C=O) groups excluding carboxylic acids is 1. The van der Waals surface area contributed by atoms with Crippen molar-refractivity contribution in [2.75, 3.05) is 70.9 Å². The molecule has 0 aliphatic carbocycles. The van der Waals surface area contributed by atoms with Crippen LogP contribution in [0.25, 0.3) is 0 Å². The van der Waals surface area contributed by atoms with Crippen LogP contribution in [0.3, 0.4) is 0 Å². The minimum absolute atomic E-state index is 0.164. The first-order valence-corrected chi connectivity index (χ1v) is 8.83. The summed E-state index contributed by atoms with van der Waals surface area (Å²) in [5.41, 5.74) is 8.23. The summed E-state index contributed by atoms with van der Waals surface area (Å²) in [6.45, 7) is 2.62. The van der Waals surface area contributed by atoms with E-state index >= 15 is 0 Å². The molecule has 7 nitrogen and oxygen atoms in total. The van der Waals surface area contributed by atoms with Gasteiger partial charge in [0.15, 0.2) is 0 Å². The summed E-state index contributed by atoms with van der Waals surface area (Å²) in [5.74, 6) is 0.457. The molecule has 1 aliphatic rings. The molecule has 0 bridgehead atoms. The van der Waals surface area contributed by atoms with Crippen molar-refractivity contribution in [2.24, 2.45) is 0 Å². The summed E-state index contributed by atoms with van der Waals surface area (Å²) in [4.78, 5) is 18.7. The van der Waals surface area contributed by atoms with Gasteiger partial charge in [0.25, 0.3) is 0 Å². The summed E-state index contributed by atoms with van der Waals surface area (Å²) < 4.78 is 5.38. The minimum Gasteiger partial charge on any atom is -0.495 e. The lowest BCUT2D eigenvalue weighted by molar-refractivity contribution is -0.111. The first-order chi connectivity index (χ1) is 12.3. The zero-order valence-corrected chi connectivity index (χ0v) is 16.5. The predicted molar refractivity (Wildman–Crippen MR) is 108 cm³/mol. The van der Waals surface area contributed by atoms with Gasteiger partial charge in [-0.2, -0.15) is 0 Å². The van der Waals surface area contributed by atoms with Gasteiger partial charge in [-0.3, -0.25) is 4.79 Å². The fraction of sp³-hybridized carbons (Fsp3) is 0.526. The largest absolute Gasteiger partial charge is 0.495 e. The molecule has 1 saturated heterocycles. The van der Waals surface area contributed by atoms with Crippen LogP contribution in [-0.2, 0) is 4.79 Å². The molecule has 1 heterocycles. The third-order valence-electron chi connectivity index (χ3n) is 4.38. The Morgan fingerprint density at radius 1 is 1.35 bits per heavy atom. The molecule has 7 heteroatoms. The van der Waals surface area contributed by atoms with E-state index in [1.165, 1.54) is 0 Å². The van der Waals surface area contributed by atoms with Crippen LogP contribution in [0.2, 0.25) is 0 Å². The van der Waals surface area contributed by atoms with Crippen LogP contribution < -0.4 is 20.7 Å². The van der Waals surface area contributed by atoms with Crippen LogP contribution in [0.5, 0.6) is 5.75 Å². The van der Waals surface area contributed by atoms with Crippen molar-refractivity contribution in [3.8, 4) is 5.75 Å². The van der Waals surface area contributed by atoms with Gasteiger partial charge in [0.2, 0.25) is 5.91 Å². The highest BCUT2D eigenvalue weighted by atomic mass is 16.5. The van der Waals surface area contributed by atoms with Crippen LogP contribution in [0, 0.1) is 0 Å². The third-order valence-corrected chi connectivity index (χ3v) is 4.38. The van der Waals surface area contributed by atoms with E-state index in [0.29, 0.717) is 29.7 Å². The van der Waals surface area contributed by atoms with Crippen LogP contribution >= 0.6 is 0 Å². The summed E-state index contributed by atoms with van der Waals surface area (Å²) in [5, 5.41) is 2.96. The summed E-state index contributed by atoms with van der Waals surface area (Å²) in [6, 6.07) is 4.10. The number of nitrogens with zero attached hydrogens (tertiary/aromatic N) is 3. The first kappa shape index (κ1) is 20.1. The molecule has 0 saturated carbocycles. The molecule has 1 fully saturated rings. The van der Waals surface area contributed by atoms with Crippen molar-refractivity contribution in [2.45, 2.75) is 12.5 Å². The molecule has 2 rings (SSSR count). The van der Waals surface area contributed by atoms with Crippen molar-refractivity contribution in [3.05, 3.63) is 24.3 Å². The maximum absolute atomic E-state index is 12.3. The van der Waals surface area contributed by atoms with E-state index in [-0.39, 0.29) is 5.91 Å². The molecule has 0 radical (unpaired) electrons. The van der Waals surface area contributed by atoms with E-state index in [0.717, 1.165) is 25.2 Å². The number of ether oxygens (including phenoxy) is 1. The number of likely N-dealkylation sites (N-methyl/N-ethyl adjacent to an activating group) is 2. The number of methoxy groups -OCH3 is 1. The number of nitrogens with one attached hydrogen (secondary N) is 1. The van der Waals surface area contributed by atoms with Crippen LogP contribution in [-0.4, -0.2) is 76.7 Å². The van der Waals surface area contributed by atoms with Gasteiger partial charge >= 0.3 is 0 Å². The van der Waals surface area contributed by atoms with Gasteiger partial charge in [0.05, 0.1) is 24.2 Å². The predicted octanol–water partition coefficient (Wildman–Crippen LogP) is 1.47. The molecular weight excluding hydrogens is 330 g/mol. The first-order valence-electron chi connectivity index (χ1n) is 8.83. The van der Waals surface area contributed by atoms with Gasteiger partial charge in [0, 0.05) is 37.8 Å². The molecule has 1 unspecified atom stereocenters. The van der Waals surface area contributed by atoms with Gasteiger partial charge in [-0.05, 0) is 40.7 Å². The Morgan fingerprint density at radius 3 is 2.62 bits per heavy atom. The van der Waals surface area contributed by atoms with Crippen molar-refractivity contribution < 1.29 is 9.53 Å². The molecule has 1 atom stereocenters. The van der Waals surface area contributed by atoms with E-state index in [2.05, 4.69) is 29.2 Å². The fourth-order valence-electron chi connectivity index (χ4n) is 3.01. The van der Waals surface area contributed by atoms with Crippen molar-refractivity contribution in [1.29, 1.82) is 0 Å². The number of rotatable bonds is 8. The molecule has 0 spiro atoms. The normalized spacial score (nSPS) is 17.0. The van der Waals surface area contributed by atoms with Crippen LogP contribution in [0.15, 0.2) is 24.3 Å². The molecule has 144 valence electrons. The molecule has 1 aromatic rings. The van der Waals surface area contributed by atoms with E-state index < -0.39 is 0 Å². The molecule has 3 N–H and O–H groups in total. The number of nitrogens with two attached hydrogens (primary N) is 1. The van der Waals surface area contributed by atoms with Crippen molar-refractivity contribution >= 4 is 23.0 Å². The fourth-order valence-corrected chi connectivity index (χ4v) is 3.01. The second-order valence-corrected chi connectivity index (χ2v) is 7.16. The quantitative estimate of drug-likeness (QED) is 0.540. The molecule has 1 amide bonds. The highest BCUT2D eigenvalue weighted by Crippen LogP contribution is 2.39. The number of hydrogen-bond acceptors (Lipinski definition) is 6. The Labute approximate surface area is 156 Å². The van der Waals surface area contributed by atoms with Gasteiger partial charge in [0.1, 0.15) is 5.75 Å². The summed E-state index contributed by atoms with van der Waals surface area (Å²) in [6.07, 6.45) is 4.51. The monoisotopic (exact) mass is 361 g/mol. The Balaban J connectivity index is 2.23. The highest BCUT2D eigenvalue weighted by Gasteiger charge is 2.31. The van der Waals surface area contributed by atoms with Crippen LogP contribution in [0.4, 0.5) is 17.1 Å². The standard InChI is InChI=1S/C19H31N5O2/c1-22(2)9-6-7-19(25)21-16-11-15(20)18(26-5)12-17(16)24-10-8-14(24)13-23(3)4/h6-7,11-12,14H,8-10,13,20H2,1-5H3,(H,21,25)/b7-6+. The third kappa shape index (κ3) is 5.12. The van der Waals surface area contributed by atoms with Gasteiger partial charge in [-0.15, -0.1) is 0 Å². The summed E-state index contributed by atoms with van der Waals surface area (Å²) >= 11 is 0. The SMILES string of the molecule is COc1cc(N2CCC2CN(C)C)c(NC(=O)/C=C/CN(C)C)cc1N. The van der Waals surface area contributed by atoms with E-state index in [4.69, 9.17) is 10.5 Å². The van der Waals surface area contributed by atoms with Crippen molar-refractivity contribution in [3.63, 3.8) is 0 Å². The maximum Gasteiger partial charge on any atom is 0.248 e. The molecule has 1 aliphatic heterocycles. The highest BCUT2D eigenvalue weighted by molar-refractivity contribution is 6.02. The zero-order chi connectivity index (χ0) is 19.3. The number of anilines is 3. The second-order valence-electron chi connectivity index (χ2n) is 7.16. The van der Waals surface area contributed by atoms with Crippen LogP contribution in [0.1, 0.15) is 6.42 Å². The minimum atomic E-state index is -0.164. The number of hydrogen-bond donors (Lipinski definition) is 2. The molecule has 26 heavy (non-hydrogen) atoms. The Morgan fingerprint density at radius 2 is 2.08 bits per heavy atom. The Bertz CT molecular complexity index is 658. The maximum atomic E-state index is 12.3. The second kappa shape index (κ2) is 8.91. The molecule has 1 aromatic carbocycles. The Kier molecular flexibility index (Phi) is 6.88.